The zero-order chi connectivity index (χ0) is 16.9. The summed E-state index contributed by atoms with van der Waals surface area (Å²) in [6, 6.07) is 0. The van der Waals surface area contributed by atoms with Crippen molar-refractivity contribution in [3.8, 4) is 0 Å². The van der Waals surface area contributed by atoms with Crippen LogP contribution in [0.3, 0.4) is 0 Å². The molecule has 1 aromatic rings. The van der Waals surface area contributed by atoms with Gasteiger partial charge in [0.25, 0.3) is 0 Å². The Morgan fingerprint density at radius 2 is 2.30 bits per heavy atom. The second kappa shape index (κ2) is 8.11. The number of hydrogen-bond acceptors (Lipinski definition) is 4. The minimum Gasteiger partial charge on any atom is -0.381 e. The lowest BCUT2D eigenvalue weighted by atomic mass is 9.93. The van der Waals surface area contributed by atoms with Crippen LogP contribution in [0.5, 0.6) is 0 Å². The fourth-order valence-corrected chi connectivity index (χ4v) is 3.63. The monoisotopic (exact) mass is 338 g/mol. The number of rotatable bonds is 5. The Morgan fingerprint density at radius 1 is 1.52 bits per heavy atom. The molecule has 1 unspecified atom stereocenters. The molecule has 0 aliphatic carbocycles. The molecular weight excluding hydrogens is 308 g/mol. The Kier molecular flexibility index (Phi) is 6.41. The highest BCUT2D eigenvalue weighted by Crippen LogP contribution is 2.24. The first-order valence-electron chi connectivity index (χ1n) is 8.42. The van der Waals surface area contributed by atoms with E-state index in [0.29, 0.717) is 5.92 Å². The van der Waals surface area contributed by atoms with Crippen LogP contribution in [0.25, 0.3) is 0 Å². The Morgan fingerprint density at radius 3 is 2.91 bits per heavy atom. The van der Waals surface area contributed by atoms with E-state index in [2.05, 4.69) is 41.4 Å². The smallest absolute Gasteiger partial charge is 0.194 e. The number of guanidine groups is 1. The van der Waals surface area contributed by atoms with Crippen molar-refractivity contribution in [2.24, 2.45) is 10.9 Å². The molecule has 1 aliphatic heterocycles. The number of nitrogens with zero attached hydrogens (tertiary/aromatic N) is 3. The third-order valence-electron chi connectivity index (χ3n) is 4.07. The van der Waals surface area contributed by atoms with E-state index in [9.17, 15) is 0 Å². The maximum absolute atomic E-state index is 5.55. The van der Waals surface area contributed by atoms with Crippen LogP contribution in [-0.2, 0) is 16.7 Å². The minimum absolute atomic E-state index is 0.109. The second-order valence-corrected chi connectivity index (χ2v) is 7.98. The van der Waals surface area contributed by atoms with Crippen molar-refractivity contribution in [2.75, 3.05) is 33.4 Å². The number of aromatic nitrogens is 1. The average Bonchev–Trinajstić information content (AvgIpc) is 3.14. The van der Waals surface area contributed by atoms with Crippen LogP contribution < -0.4 is 5.32 Å². The van der Waals surface area contributed by atoms with Gasteiger partial charge in [-0.15, -0.1) is 11.3 Å². The van der Waals surface area contributed by atoms with Crippen LogP contribution in [0.1, 0.15) is 44.8 Å². The van der Waals surface area contributed by atoms with E-state index in [1.807, 2.05) is 14.0 Å². The Bertz CT molecular complexity index is 521. The largest absolute Gasteiger partial charge is 0.381 e. The van der Waals surface area contributed by atoms with Crippen molar-refractivity contribution in [1.82, 2.24) is 15.2 Å². The summed E-state index contributed by atoms with van der Waals surface area (Å²) < 4.78 is 5.55. The molecule has 5 nitrogen and oxygen atoms in total. The normalized spacial score (nSPS) is 19.4. The first-order valence-corrected chi connectivity index (χ1v) is 9.30. The average molecular weight is 339 g/mol. The van der Waals surface area contributed by atoms with Gasteiger partial charge in [0.1, 0.15) is 5.01 Å². The molecule has 0 bridgehead atoms. The summed E-state index contributed by atoms with van der Waals surface area (Å²) in [7, 11) is 1.85. The van der Waals surface area contributed by atoms with Gasteiger partial charge in [0, 0.05) is 43.5 Å². The zero-order valence-electron chi connectivity index (χ0n) is 15.1. The summed E-state index contributed by atoms with van der Waals surface area (Å²) in [6.07, 6.45) is 1.17. The number of aliphatic imine (C=N–C) groups is 1. The highest BCUT2D eigenvalue weighted by molar-refractivity contribution is 7.09. The molecule has 0 spiro atoms. The molecule has 1 atom stereocenters. The molecule has 6 heteroatoms. The molecule has 0 aromatic carbocycles. The van der Waals surface area contributed by atoms with Crippen LogP contribution >= 0.6 is 11.3 Å². The van der Waals surface area contributed by atoms with Gasteiger partial charge in [-0.2, -0.15) is 0 Å². The van der Waals surface area contributed by atoms with E-state index in [4.69, 9.17) is 9.72 Å². The molecule has 23 heavy (non-hydrogen) atoms. The zero-order valence-corrected chi connectivity index (χ0v) is 15.9. The van der Waals surface area contributed by atoms with Gasteiger partial charge in [-0.05, 0) is 13.3 Å². The number of ether oxygens (including phenoxy) is 1. The summed E-state index contributed by atoms with van der Waals surface area (Å²) in [5, 5.41) is 6.72. The van der Waals surface area contributed by atoms with E-state index in [1.54, 1.807) is 11.3 Å². The van der Waals surface area contributed by atoms with Gasteiger partial charge in [-0.25, -0.2) is 4.98 Å². The number of nitrogens with one attached hydrogen (secondary N) is 1. The van der Waals surface area contributed by atoms with Gasteiger partial charge in [0.15, 0.2) is 5.96 Å². The van der Waals surface area contributed by atoms with Crippen LogP contribution in [0.15, 0.2) is 10.4 Å². The third kappa shape index (κ3) is 5.18. The summed E-state index contributed by atoms with van der Waals surface area (Å²) in [5.41, 5.74) is 1.27. The fraction of sp³-hybridized carbons (Fsp3) is 0.765. The van der Waals surface area contributed by atoms with E-state index in [1.165, 1.54) is 6.42 Å². The van der Waals surface area contributed by atoms with Crippen molar-refractivity contribution in [1.29, 1.82) is 0 Å². The highest BCUT2D eigenvalue weighted by atomic mass is 32.1. The fourth-order valence-electron chi connectivity index (χ4n) is 2.67. The summed E-state index contributed by atoms with van der Waals surface area (Å²) >= 11 is 1.72. The molecule has 130 valence electrons. The third-order valence-corrected chi connectivity index (χ3v) is 4.92. The van der Waals surface area contributed by atoms with Crippen molar-refractivity contribution >= 4 is 17.3 Å². The van der Waals surface area contributed by atoms with Gasteiger partial charge in [-0.3, -0.25) is 4.99 Å². The summed E-state index contributed by atoms with van der Waals surface area (Å²) in [6.45, 7) is 13.1. The molecule has 0 saturated carbocycles. The van der Waals surface area contributed by atoms with Crippen LogP contribution in [0.4, 0.5) is 0 Å². The van der Waals surface area contributed by atoms with Gasteiger partial charge in [-0.1, -0.05) is 20.8 Å². The topological polar surface area (TPSA) is 49.8 Å². The van der Waals surface area contributed by atoms with E-state index in [-0.39, 0.29) is 5.41 Å². The maximum atomic E-state index is 5.55. The second-order valence-electron chi connectivity index (χ2n) is 7.04. The van der Waals surface area contributed by atoms with E-state index >= 15 is 0 Å². The molecule has 0 amide bonds. The molecule has 0 radical (unpaired) electrons. The predicted octanol–water partition coefficient (Wildman–Crippen LogP) is 2.87. The molecular formula is C17H30N4OS. The van der Waals surface area contributed by atoms with Gasteiger partial charge in [0.05, 0.1) is 18.8 Å². The Balaban J connectivity index is 1.85. The first-order chi connectivity index (χ1) is 10.9. The van der Waals surface area contributed by atoms with Crippen molar-refractivity contribution < 1.29 is 4.74 Å². The predicted molar refractivity (Wildman–Crippen MR) is 97.2 cm³/mol. The lowest BCUT2D eigenvalue weighted by molar-refractivity contribution is 0.114. The number of hydrogen-bond donors (Lipinski definition) is 1. The molecule has 1 N–H and O–H groups in total. The Hall–Kier alpha value is -1.14. The van der Waals surface area contributed by atoms with Gasteiger partial charge < -0.3 is 15.0 Å². The quantitative estimate of drug-likeness (QED) is 0.662. The van der Waals surface area contributed by atoms with Crippen LogP contribution in [0, 0.1) is 5.92 Å². The molecule has 1 aliphatic rings. The van der Waals surface area contributed by atoms with Crippen molar-refractivity contribution in [2.45, 2.75) is 46.1 Å². The lowest BCUT2D eigenvalue weighted by Crippen LogP contribution is -2.39. The Labute approximate surface area is 144 Å². The SMILES string of the molecule is CCOCC1CCN(C(=NC)NCc2nc(C(C)(C)C)cs2)C1. The maximum Gasteiger partial charge on any atom is 0.194 e. The van der Waals surface area contributed by atoms with Gasteiger partial charge >= 0.3 is 0 Å². The minimum atomic E-state index is 0.109. The number of thiazole rings is 1. The van der Waals surface area contributed by atoms with Crippen molar-refractivity contribution in [3.63, 3.8) is 0 Å². The first kappa shape index (κ1) is 18.2. The van der Waals surface area contributed by atoms with Crippen LogP contribution in [0.2, 0.25) is 0 Å². The summed E-state index contributed by atoms with van der Waals surface area (Å²) in [4.78, 5) is 11.5. The molecule has 1 saturated heterocycles. The number of likely N-dealkylation sites (tertiary alicyclic amines) is 1. The molecule has 1 fully saturated rings. The lowest BCUT2D eigenvalue weighted by Gasteiger charge is -2.21. The standard InChI is InChI=1S/C17H30N4OS/c1-6-22-11-13-7-8-21(10-13)16(18-5)19-9-15-20-14(12-23-15)17(2,3)4/h12-13H,6-11H2,1-5H3,(H,18,19). The van der Waals surface area contributed by atoms with Gasteiger partial charge in [0.2, 0.25) is 0 Å². The summed E-state index contributed by atoms with van der Waals surface area (Å²) in [5.74, 6) is 1.58. The molecule has 1 aromatic heterocycles. The van der Waals surface area contributed by atoms with Crippen LogP contribution in [-0.4, -0.2) is 49.2 Å². The van der Waals surface area contributed by atoms with E-state index < -0.39 is 0 Å². The molecule has 2 heterocycles. The highest BCUT2D eigenvalue weighted by Gasteiger charge is 2.25. The van der Waals surface area contributed by atoms with Crippen molar-refractivity contribution in [3.05, 3.63) is 16.1 Å². The van der Waals surface area contributed by atoms with E-state index in [0.717, 1.165) is 49.5 Å². The molecule has 2 rings (SSSR count).